The molecule has 3 aromatic carbocycles. The molecule has 61 heavy (non-hydrogen) atoms. The Hall–Kier alpha value is -5.22. The lowest BCUT2D eigenvalue weighted by molar-refractivity contribution is -0.384. The summed E-state index contributed by atoms with van der Waals surface area (Å²) in [5.41, 5.74) is 5.73. The number of carbonyl (C=O) groups excluding carboxylic acids is 1. The molecule has 322 valence electrons. The van der Waals surface area contributed by atoms with Crippen molar-refractivity contribution in [1.82, 2.24) is 14.6 Å². The smallest absolute Gasteiger partial charge is 0.293 e. The van der Waals surface area contributed by atoms with Crippen LogP contribution in [0.25, 0.3) is 11.6 Å². The van der Waals surface area contributed by atoms with Gasteiger partial charge < -0.3 is 24.7 Å². The summed E-state index contributed by atoms with van der Waals surface area (Å²) in [6.07, 6.45) is 8.05. The predicted molar refractivity (Wildman–Crippen MR) is 236 cm³/mol. The topological polar surface area (TPSA) is 172 Å². The standard InChI is InChI=1S/C45H52ClN7O7S/c1-45(2)15-11-33(39(26-45)31-3-5-34(46)6-4-31)29-51-17-19-52(20-18-51)35-7-9-38(42(24-35)60-36-23-32-12-16-47-43(32)49-28-36)44(54)50-61(57,58)37-8-10-40(41(25-37)53(55)56)48-27-30-13-21-59-22-14-30/h3-10,12,16,23-25,30,36,48H,11,13-15,17-22,26-29H2,1-2H3,(H,47,49)(H,50,54). The number of rotatable bonds is 13. The average Bonchev–Trinajstić information content (AvgIpc) is 3.72. The number of benzene rings is 3. The molecule has 4 heterocycles. The maximum Gasteiger partial charge on any atom is 0.293 e. The molecule has 8 rings (SSSR count). The van der Waals surface area contributed by atoms with Crippen molar-refractivity contribution in [2.75, 3.05) is 69.2 Å². The number of fused-ring (bicyclic) bond motifs is 1. The van der Waals surface area contributed by atoms with Crippen LogP contribution in [0.1, 0.15) is 61.9 Å². The Morgan fingerprint density at radius 3 is 2.57 bits per heavy atom. The zero-order chi connectivity index (χ0) is 42.7. The maximum absolute atomic E-state index is 13.9. The minimum Gasteiger partial charge on any atom is -0.483 e. The zero-order valence-electron chi connectivity index (χ0n) is 34.5. The number of allylic oxidation sites excluding steroid dienone is 1. The molecule has 1 amide bonds. The van der Waals surface area contributed by atoms with E-state index in [0.29, 0.717) is 26.3 Å². The Labute approximate surface area is 360 Å². The normalized spacial score (nSPS) is 19.7. The van der Waals surface area contributed by atoms with E-state index < -0.39 is 37.5 Å². The predicted octanol–water partition coefficient (Wildman–Crippen LogP) is 6.18. The number of ether oxygens (including phenoxy) is 2. The first kappa shape index (κ1) is 42.5. The summed E-state index contributed by atoms with van der Waals surface area (Å²) in [6.45, 7) is 10.8. The van der Waals surface area contributed by atoms with Gasteiger partial charge >= 0.3 is 0 Å². The van der Waals surface area contributed by atoms with Crippen molar-refractivity contribution in [1.29, 1.82) is 0 Å². The van der Waals surface area contributed by atoms with E-state index in [1.54, 1.807) is 24.4 Å². The van der Waals surface area contributed by atoms with E-state index in [4.69, 9.17) is 21.1 Å². The average molecular weight is 870 g/mol. The number of halogens is 1. The van der Waals surface area contributed by atoms with Gasteiger partial charge in [0, 0.05) is 86.7 Å². The fourth-order valence-corrected chi connectivity index (χ4v) is 9.74. The van der Waals surface area contributed by atoms with Gasteiger partial charge in [-0.25, -0.2) is 13.1 Å². The van der Waals surface area contributed by atoms with Crippen LogP contribution in [0.4, 0.5) is 17.1 Å². The first-order valence-electron chi connectivity index (χ1n) is 20.9. The van der Waals surface area contributed by atoms with E-state index in [0.717, 1.165) is 92.3 Å². The number of piperazine rings is 1. The number of carbonyl (C=O) groups is 1. The van der Waals surface area contributed by atoms with Crippen LogP contribution < -0.4 is 30.4 Å². The number of nitrogens with zero attached hydrogens (tertiary/aromatic N) is 4. The van der Waals surface area contributed by atoms with Crippen LogP contribution in [0.5, 0.6) is 5.75 Å². The molecule has 1 aromatic heterocycles. The van der Waals surface area contributed by atoms with Crippen LogP contribution in [-0.2, 0) is 14.8 Å². The molecule has 0 radical (unpaired) electrons. The van der Waals surface area contributed by atoms with Gasteiger partial charge in [0.1, 0.15) is 23.0 Å². The van der Waals surface area contributed by atoms with Gasteiger partial charge in [-0.15, -0.1) is 0 Å². The number of aromatic nitrogens is 1. The molecular formula is C45H52ClN7O7S. The lowest BCUT2D eigenvalue weighted by Crippen LogP contribution is -2.47. The zero-order valence-corrected chi connectivity index (χ0v) is 36.1. The third-order valence-electron chi connectivity index (χ3n) is 12.2. The van der Waals surface area contributed by atoms with Crippen LogP contribution >= 0.6 is 11.6 Å². The third kappa shape index (κ3) is 10.1. The second kappa shape index (κ2) is 18.0. The molecular weight excluding hydrogens is 818 g/mol. The van der Waals surface area contributed by atoms with Crippen molar-refractivity contribution >= 4 is 56.2 Å². The molecule has 2 fully saturated rings. The number of nitro benzene ring substituents is 1. The highest BCUT2D eigenvalue weighted by Gasteiger charge is 2.31. The fraction of sp³-hybridized carbons (Fsp3) is 0.422. The van der Waals surface area contributed by atoms with E-state index in [-0.39, 0.29) is 28.3 Å². The highest BCUT2D eigenvalue weighted by molar-refractivity contribution is 7.90. The second-order valence-corrected chi connectivity index (χ2v) is 19.2. The number of hydrogen-bond donors (Lipinski definition) is 3. The molecule has 0 saturated carbocycles. The monoisotopic (exact) mass is 869 g/mol. The number of nitro groups is 1. The minimum absolute atomic E-state index is 0.00497. The summed E-state index contributed by atoms with van der Waals surface area (Å²) in [6, 6.07) is 18.8. The van der Waals surface area contributed by atoms with Gasteiger partial charge in [-0.05, 0) is 103 Å². The summed E-state index contributed by atoms with van der Waals surface area (Å²) in [5.74, 6) is -0.448. The highest BCUT2D eigenvalue weighted by Crippen LogP contribution is 2.43. The number of amides is 1. The summed E-state index contributed by atoms with van der Waals surface area (Å²) in [5, 5.41) is 16.8. The summed E-state index contributed by atoms with van der Waals surface area (Å²) in [4.78, 5) is 37.4. The van der Waals surface area contributed by atoms with Crippen LogP contribution in [0.3, 0.4) is 0 Å². The van der Waals surface area contributed by atoms with Crippen LogP contribution in [-0.4, -0.2) is 94.3 Å². The molecule has 0 bridgehead atoms. The Balaban J connectivity index is 0.996. The maximum atomic E-state index is 13.9. The number of nitrogens with one attached hydrogen (secondary N) is 3. The number of anilines is 2. The van der Waals surface area contributed by atoms with Gasteiger partial charge in [-0.3, -0.25) is 24.8 Å². The van der Waals surface area contributed by atoms with Crippen molar-refractivity contribution in [3.8, 4) is 5.75 Å². The number of H-pyrrole nitrogens is 1. The molecule has 1 atom stereocenters. The first-order chi connectivity index (χ1) is 29.3. The van der Waals surface area contributed by atoms with Gasteiger partial charge in [-0.1, -0.05) is 43.2 Å². The summed E-state index contributed by atoms with van der Waals surface area (Å²) in [7, 11) is -4.54. The van der Waals surface area contributed by atoms with Crippen molar-refractivity contribution < 1.29 is 27.6 Å². The van der Waals surface area contributed by atoms with Gasteiger partial charge in [0.15, 0.2) is 0 Å². The van der Waals surface area contributed by atoms with Crippen LogP contribution in [0.15, 0.2) is 88.4 Å². The van der Waals surface area contributed by atoms with Crippen molar-refractivity contribution in [2.45, 2.75) is 57.0 Å². The van der Waals surface area contributed by atoms with Crippen molar-refractivity contribution in [3.63, 3.8) is 0 Å². The molecule has 3 aliphatic heterocycles. The lowest BCUT2D eigenvalue weighted by Gasteiger charge is -2.39. The molecule has 2 saturated heterocycles. The molecule has 4 aromatic rings. The van der Waals surface area contributed by atoms with E-state index in [1.165, 1.54) is 28.8 Å². The van der Waals surface area contributed by atoms with Gasteiger partial charge in [-0.2, -0.15) is 0 Å². The fourth-order valence-electron chi connectivity index (χ4n) is 8.62. The Kier molecular flexibility index (Phi) is 12.5. The summed E-state index contributed by atoms with van der Waals surface area (Å²) >= 11 is 6.24. The second-order valence-electron chi connectivity index (χ2n) is 17.1. The molecule has 3 N–H and O–H groups in total. The Bertz CT molecular complexity index is 2550. The van der Waals surface area contributed by atoms with Gasteiger partial charge in [0.2, 0.25) is 0 Å². The van der Waals surface area contributed by atoms with Crippen LogP contribution in [0, 0.1) is 21.4 Å². The molecule has 16 heteroatoms. The van der Waals surface area contributed by atoms with E-state index in [2.05, 4.69) is 55.8 Å². The Morgan fingerprint density at radius 2 is 1.82 bits per heavy atom. The van der Waals surface area contributed by atoms with Gasteiger partial charge in [0.05, 0.1) is 21.9 Å². The largest absolute Gasteiger partial charge is 0.483 e. The molecule has 14 nitrogen and oxygen atoms in total. The van der Waals surface area contributed by atoms with E-state index in [9.17, 15) is 23.3 Å². The molecule has 0 spiro atoms. The first-order valence-corrected chi connectivity index (χ1v) is 22.8. The molecule has 1 aliphatic carbocycles. The highest BCUT2D eigenvalue weighted by atomic mass is 35.5. The van der Waals surface area contributed by atoms with Crippen LogP contribution in [0.2, 0.25) is 5.02 Å². The number of aromatic amines is 1. The SMILES string of the molecule is CC1(C)CCC(CN2CCN(c3ccc(C(=O)NS(=O)(=O)c4ccc(NCC5CCOCC5)c([N+](=O)[O-])c4)c(OC4C=c5cc[nH]c5=NC4)c3)CC2)=C(c2ccc(Cl)cc2)C1. The number of sulfonamides is 1. The minimum atomic E-state index is -4.54. The van der Waals surface area contributed by atoms with Crippen molar-refractivity contribution in [3.05, 3.63) is 115 Å². The van der Waals surface area contributed by atoms with E-state index in [1.807, 2.05) is 24.3 Å². The van der Waals surface area contributed by atoms with Gasteiger partial charge in [0.25, 0.3) is 21.6 Å². The van der Waals surface area contributed by atoms with E-state index >= 15 is 0 Å². The summed E-state index contributed by atoms with van der Waals surface area (Å²) < 4.78 is 41.3. The lowest BCUT2D eigenvalue weighted by atomic mass is 9.72. The number of hydrogen-bond acceptors (Lipinski definition) is 11. The molecule has 1 unspecified atom stereocenters. The van der Waals surface area contributed by atoms with Crippen molar-refractivity contribution in [2.24, 2.45) is 16.3 Å². The quantitative estimate of drug-likeness (QED) is 0.104. The Morgan fingerprint density at radius 1 is 1.05 bits per heavy atom. The molecule has 4 aliphatic rings. The third-order valence-corrected chi connectivity index (χ3v) is 13.8.